The molecule has 0 radical (unpaired) electrons. The molecular weight excluding hydrogens is 242 g/mol. The molecule has 4 nitrogen and oxygen atoms in total. The molecule has 1 aliphatic rings. The minimum Gasteiger partial charge on any atom is -0.508 e. The normalized spacial score (nSPS) is 14.2. The Morgan fingerprint density at radius 3 is 2.74 bits per heavy atom. The number of nitrogens with one attached hydrogen (secondary N) is 1. The Labute approximate surface area is 111 Å². The van der Waals surface area contributed by atoms with Crippen LogP contribution in [0.25, 0.3) is 0 Å². The van der Waals surface area contributed by atoms with Gasteiger partial charge in [-0.2, -0.15) is 0 Å². The molecule has 0 saturated carbocycles. The van der Waals surface area contributed by atoms with Crippen LogP contribution in [-0.4, -0.2) is 11.9 Å². The summed E-state index contributed by atoms with van der Waals surface area (Å²) < 4.78 is 10.6. The molecule has 2 aromatic rings. The molecule has 2 aromatic carbocycles. The van der Waals surface area contributed by atoms with Crippen molar-refractivity contribution in [2.24, 2.45) is 0 Å². The highest BCUT2D eigenvalue weighted by atomic mass is 16.7. The standard InChI is InChI=1S/C15H15NO3/c1-10(12-4-2-3-5-13(12)17)16-11-6-7-14-15(8-11)19-9-18-14/h2-8,10,16-17H,9H2,1H3. The first kappa shape index (κ1) is 11.7. The molecule has 0 bridgehead atoms. The van der Waals surface area contributed by atoms with E-state index in [1.807, 2.05) is 43.3 Å². The maximum absolute atomic E-state index is 9.83. The van der Waals surface area contributed by atoms with Crippen LogP contribution in [0.2, 0.25) is 0 Å². The minimum absolute atomic E-state index is 0.00146. The lowest BCUT2D eigenvalue weighted by Crippen LogP contribution is -2.06. The van der Waals surface area contributed by atoms with Crippen LogP contribution in [0.3, 0.4) is 0 Å². The molecule has 0 aliphatic carbocycles. The van der Waals surface area contributed by atoms with E-state index in [1.54, 1.807) is 6.07 Å². The maximum atomic E-state index is 9.83. The summed E-state index contributed by atoms with van der Waals surface area (Å²) in [7, 11) is 0. The zero-order chi connectivity index (χ0) is 13.2. The molecule has 1 unspecified atom stereocenters. The van der Waals surface area contributed by atoms with Gasteiger partial charge >= 0.3 is 0 Å². The molecule has 19 heavy (non-hydrogen) atoms. The fourth-order valence-corrected chi connectivity index (χ4v) is 2.17. The Morgan fingerprint density at radius 1 is 1.11 bits per heavy atom. The molecule has 98 valence electrons. The zero-order valence-electron chi connectivity index (χ0n) is 10.6. The molecule has 0 amide bonds. The maximum Gasteiger partial charge on any atom is 0.231 e. The lowest BCUT2D eigenvalue weighted by atomic mass is 10.1. The molecule has 0 spiro atoms. The average molecular weight is 257 g/mol. The van der Waals surface area contributed by atoms with Crippen LogP contribution < -0.4 is 14.8 Å². The van der Waals surface area contributed by atoms with Crippen molar-refractivity contribution in [2.45, 2.75) is 13.0 Å². The van der Waals surface area contributed by atoms with Gasteiger partial charge in [0.2, 0.25) is 6.79 Å². The number of hydrogen-bond donors (Lipinski definition) is 2. The lowest BCUT2D eigenvalue weighted by Gasteiger charge is -2.17. The monoisotopic (exact) mass is 257 g/mol. The van der Waals surface area contributed by atoms with Gasteiger partial charge in [0.25, 0.3) is 0 Å². The van der Waals surface area contributed by atoms with Gasteiger partial charge in [0.1, 0.15) is 5.75 Å². The first-order valence-corrected chi connectivity index (χ1v) is 6.18. The number of para-hydroxylation sites is 1. The summed E-state index contributed by atoms with van der Waals surface area (Å²) >= 11 is 0. The third kappa shape index (κ3) is 2.29. The lowest BCUT2D eigenvalue weighted by molar-refractivity contribution is 0.174. The quantitative estimate of drug-likeness (QED) is 0.885. The number of hydrogen-bond acceptors (Lipinski definition) is 4. The van der Waals surface area contributed by atoms with E-state index in [0.29, 0.717) is 5.75 Å². The largest absolute Gasteiger partial charge is 0.508 e. The molecule has 0 saturated heterocycles. The Balaban J connectivity index is 1.80. The zero-order valence-corrected chi connectivity index (χ0v) is 10.6. The first-order chi connectivity index (χ1) is 9.24. The van der Waals surface area contributed by atoms with Crippen molar-refractivity contribution < 1.29 is 14.6 Å². The highest BCUT2D eigenvalue weighted by Crippen LogP contribution is 2.35. The molecule has 1 heterocycles. The van der Waals surface area contributed by atoms with Crippen LogP contribution in [0.5, 0.6) is 17.2 Å². The SMILES string of the molecule is CC(Nc1ccc2c(c1)OCO2)c1ccccc1O. The molecule has 1 aliphatic heterocycles. The van der Waals surface area contributed by atoms with Crippen molar-refractivity contribution in [3.05, 3.63) is 48.0 Å². The van der Waals surface area contributed by atoms with E-state index >= 15 is 0 Å². The minimum atomic E-state index is 0.00146. The summed E-state index contributed by atoms with van der Waals surface area (Å²) in [5, 5.41) is 13.2. The van der Waals surface area contributed by atoms with Gasteiger partial charge in [-0.05, 0) is 25.1 Å². The summed E-state index contributed by atoms with van der Waals surface area (Å²) in [6, 6.07) is 13.0. The number of fused-ring (bicyclic) bond motifs is 1. The Hall–Kier alpha value is -2.36. The number of ether oxygens (including phenoxy) is 2. The van der Waals surface area contributed by atoms with E-state index in [-0.39, 0.29) is 12.8 Å². The number of anilines is 1. The molecule has 2 N–H and O–H groups in total. The summed E-state index contributed by atoms with van der Waals surface area (Å²) in [6.45, 7) is 2.27. The van der Waals surface area contributed by atoms with Gasteiger partial charge in [0.15, 0.2) is 11.5 Å². The van der Waals surface area contributed by atoms with Crippen LogP contribution in [0.4, 0.5) is 5.69 Å². The summed E-state index contributed by atoms with van der Waals surface area (Å²) in [4.78, 5) is 0. The van der Waals surface area contributed by atoms with E-state index in [2.05, 4.69) is 5.32 Å². The van der Waals surface area contributed by atoms with Crippen LogP contribution >= 0.6 is 0 Å². The molecular formula is C15H15NO3. The van der Waals surface area contributed by atoms with E-state index in [1.165, 1.54) is 0 Å². The van der Waals surface area contributed by atoms with E-state index in [0.717, 1.165) is 22.7 Å². The second kappa shape index (κ2) is 4.72. The second-order valence-corrected chi connectivity index (χ2v) is 4.49. The van der Waals surface area contributed by atoms with Gasteiger partial charge < -0.3 is 19.9 Å². The van der Waals surface area contributed by atoms with Gasteiger partial charge in [-0.1, -0.05) is 18.2 Å². The fraction of sp³-hybridized carbons (Fsp3) is 0.200. The van der Waals surface area contributed by atoms with Crippen molar-refractivity contribution in [1.29, 1.82) is 0 Å². The van der Waals surface area contributed by atoms with Gasteiger partial charge in [-0.15, -0.1) is 0 Å². The van der Waals surface area contributed by atoms with Crippen LogP contribution in [0.1, 0.15) is 18.5 Å². The third-order valence-electron chi connectivity index (χ3n) is 3.16. The van der Waals surface area contributed by atoms with Crippen molar-refractivity contribution >= 4 is 5.69 Å². The predicted octanol–water partition coefficient (Wildman–Crippen LogP) is 3.29. The molecule has 0 aromatic heterocycles. The summed E-state index contributed by atoms with van der Waals surface area (Å²) in [5.41, 5.74) is 1.79. The van der Waals surface area contributed by atoms with Crippen molar-refractivity contribution in [2.75, 3.05) is 12.1 Å². The molecule has 3 rings (SSSR count). The van der Waals surface area contributed by atoms with Crippen LogP contribution in [0.15, 0.2) is 42.5 Å². The van der Waals surface area contributed by atoms with Gasteiger partial charge in [0.05, 0.1) is 6.04 Å². The predicted molar refractivity (Wildman–Crippen MR) is 72.7 cm³/mol. The number of rotatable bonds is 3. The van der Waals surface area contributed by atoms with Gasteiger partial charge in [0, 0.05) is 17.3 Å². The number of aromatic hydroxyl groups is 1. The second-order valence-electron chi connectivity index (χ2n) is 4.49. The highest BCUT2D eigenvalue weighted by Gasteiger charge is 2.15. The highest BCUT2D eigenvalue weighted by molar-refractivity contribution is 5.56. The summed E-state index contributed by atoms with van der Waals surface area (Å²) in [5.74, 6) is 1.80. The fourth-order valence-electron chi connectivity index (χ4n) is 2.17. The van der Waals surface area contributed by atoms with Crippen molar-refractivity contribution in [1.82, 2.24) is 0 Å². The van der Waals surface area contributed by atoms with Crippen LogP contribution in [0, 0.1) is 0 Å². The van der Waals surface area contributed by atoms with E-state index in [9.17, 15) is 5.11 Å². The third-order valence-corrected chi connectivity index (χ3v) is 3.16. The molecule has 0 fully saturated rings. The first-order valence-electron chi connectivity index (χ1n) is 6.18. The smallest absolute Gasteiger partial charge is 0.231 e. The Morgan fingerprint density at radius 2 is 1.89 bits per heavy atom. The number of phenolic OH excluding ortho intramolecular Hbond substituents is 1. The topological polar surface area (TPSA) is 50.7 Å². The van der Waals surface area contributed by atoms with E-state index in [4.69, 9.17) is 9.47 Å². The van der Waals surface area contributed by atoms with Gasteiger partial charge in [-0.3, -0.25) is 0 Å². The Bertz CT molecular complexity index is 598. The Kier molecular flexibility index (Phi) is 2.91. The average Bonchev–Trinajstić information content (AvgIpc) is 2.86. The van der Waals surface area contributed by atoms with Gasteiger partial charge in [-0.25, -0.2) is 0 Å². The van der Waals surface area contributed by atoms with Crippen molar-refractivity contribution in [3.8, 4) is 17.2 Å². The molecule has 1 atom stereocenters. The van der Waals surface area contributed by atoms with Crippen LogP contribution in [-0.2, 0) is 0 Å². The summed E-state index contributed by atoms with van der Waals surface area (Å²) in [6.07, 6.45) is 0. The van der Waals surface area contributed by atoms with E-state index < -0.39 is 0 Å². The number of benzene rings is 2. The molecule has 4 heteroatoms. The van der Waals surface area contributed by atoms with Crippen molar-refractivity contribution in [3.63, 3.8) is 0 Å². The number of phenols is 1.